The van der Waals surface area contributed by atoms with Crippen LogP contribution in [0.25, 0.3) is 0 Å². The van der Waals surface area contributed by atoms with Crippen LogP contribution in [-0.4, -0.2) is 24.5 Å². The molecule has 0 radical (unpaired) electrons. The van der Waals surface area contributed by atoms with Crippen LogP contribution in [0.1, 0.15) is 38.8 Å². The number of benzene rings is 1. The highest BCUT2D eigenvalue weighted by Gasteiger charge is 2.26. The van der Waals surface area contributed by atoms with E-state index in [1.807, 2.05) is 25.9 Å². The van der Waals surface area contributed by atoms with Crippen molar-refractivity contribution < 1.29 is 0 Å². The van der Waals surface area contributed by atoms with Crippen molar-refractivity contribution in [2.24, 2.45) is 0 Å². The third-order valence-electron chi connectivity index (χ3n) is 3.60. The van der Waals surface area contributed by atoms with Crippen molar-refractivity contribution in [3.05, 3.63) is 35.4 Å². The van der Waals surface area contributed by atoms with Gasteiger partial charge in [0.05, 0.1) is 6.07 Å². The summed E-state index contributed by atoms with van der Waals surface area (Å²) in [7, 11) is 3.90. The second kappa shape index (κ2) is 5.12. The lowest BCUT2D eigenvalue weighted by Crippen LogP contribution is -2.41. The molecule has 0 spiro atoms. The summed E-state index contributed by atoms with van der Waals surface area (Å²) in [4.78, 5) is 1.98. The van der Waals surface area contributed by atoms with Gasteiger partial charge in [0.2, 0.25) is 0 Å². The summed E-state index contributed by atoms with van der Waals surface area (Å²) in [5.41, 5.74) is 2.28. The van der Waals surface area contributed by atoms with Crippen molar-refractivity contribution in [3.63, 3.8) is 0 Å². The van der Waals surface area contributed by atoms with Crippen LogP contribution in [0.4, 0.5) is 0 Å². The van der Waals surface area contributed by atoms with Crippen molar-refractivity contribution in [2.75, 3.05) is 14.1 Å². The predicted molar refractivity (Wildman–Crippen MR) is 76.6 cm³/mol. The molecule has 0 fully saturated rings. The fourth-order valence-corrected chi connectivity index (χ4v) is 1.82. The summed E-state index contributed by atoms with van der Waals surface area (Å²) in [5.74, 6) is 0. The summed E-state index contributed by atoms with van der Waals surface area (Å²) in [6.07, 6.45) is 0.751. The van der Waals surface area contributed by atoms with E-state index in [0.717, 1.165) is 6.42 Å². The fourth-order valence-electron chi connectivity index (χ4n) is 1.82. The number of hydrogen-bond acceptors (Lipinski definition) is 2. The van der Waals surface area contributed by atoms with Crippen LogP contribution in [0, 0.1) is 11.3 Å². The Kier molecular flexibility index (Phi) is 4.19. The number of rotatable bonds is 3. The molecular formula is C16H24N2. The summed E-state index contributed by atoms with van der Waals surface area (Å²) in [6.45, 7) is 8.61. The van der Waals surface area contributed by atoms with Gasteiger partial charge in [-0.2, -0.15) is 5.26 Å². The van der Waals surface area contributed by atoms with Crippen molar-refractivity contribution in [2.45, 2.75) is 45.1 Å². The molecule has 0 aromatic heterocycles. The van der Waals surface area contributed by atoms with E-state index in [1.54, 1.807) is 0 Å². The Morgan fingerprint density at radius 3 is 1.89 bits per heavy atom. The summed E-state index contributed by atoms with van der Waals surface area (Å²) < 4.78 is 0. The normalized spacial score (nSPS) is 15.2. The molecule has 2 nitrogen and oxygen atoms in total. The van der Waals surface area contributed by atoms with Gasteiger partial charge in [-0.1, -0.05) is 45.0 Å². The summed E-state index contributed by atoms with van der Waals surface area (Å²) in [6, 6.07) is 11.0. The molecule has 1 atom stereocenters. The molecule has 0 N–H and O–H groups in total. The van der Waals surface area contributed by atoms with Crippen molar-refractivity contribution in [1.82, 2.24) is 4.90 Å². The minimum Gasteiger partial charge on any atom is -0.292 e. The van der Waals surface area contributed by atoms with Crippen LogP contribution in [0.3, 0.4) is 0 Å². The van der Waals surface area contributed by atoms with E-state index in [4.69, 9.17) is 0 Å². The summed E-state index contributed by atoms with van der Waals surface area (Å²) in [5, 5.41) is 9.31. The molecular weight excluding hydrogens is 220 g/mol. The average Bonchev–Trinajstić information content (AvgIpc) is 2.28. The van der Waals surface area contributed by atoms with E-state index in [9.17, 15) is 5.26 Å². The number of nitriles is 1. The molecule has 0 heterocycles. The Morgan fingerprint density at radius 1 is 1.06 bits per heavy atom. The molecule has 1 rings (SSSR count). The highest BCUT2D eigenvalue weighted by atomic mass is 15.1. The summed E-state index contributed by atoms with van der Waals surface area (Å²) >= 11 is 0. The maximum atomic E-state index is 9.31. The van der Waals surface area contributed by atoms with E-state index in [1.165, 1.54) is 11.1 Å². The maximum absolute atomic E-state index is 9.31. The van der Waals surface area contributed by atoms with Gasteiger partial charge in [0.15, 0.2) is 0 Å². The zero-order valence-corrected chi connectivity index (χ0v) is 12.4. The Labute approximate surface area is 111 Å². The molecule has 0 aliphatic carbocycles. The lowest BCUT2D eigenvalue weighted by molar-refractivity contribution is 0.237. The topological polar surface area (TPSA) is 27.0 Å². The van der Waals surface area contributed by atoms with Crippen LogP contribution in [0.5, 0.6) is 0 Å². The van der Waals surface area contributed by atoms with Crippen LogP contribution >= 0.6 is 0 Å². The van der Waals surface area contributed by atoms with Gasteiger partial charge in [-0.25, -0.2) is 0 Å². The van der Waals surface area contributed by atoms with Gasteiger partial charge in [0.25, 0.3) is 0 Å². The molecule has 0 saturated carbocycles. The van der Waals surface area contributed by atoms with Crippen molar-refractivity contribution in [3.8, 4) is 6.07 Å². The smallest absolute Gasteiger partial charge is 0.109 e. The monoisotopic (exact) mass is 244 g/mol. The Morgan fingerprint density at radius 2 is 1.56 bits per heavy atom. The standard InChI is InChI=1S/C16H24N2/c1-15(2,3)14-9-7-13(8-10-14)11-16(4,12-17)18(5)6/h7-10H,11H2,1-6H3. The molecule has 0 amide bonds. The van der Waals surface area contributed by atoms with E-state index in [-0.39, 0.29) is 5.41 Å². The fraction of sp³-hybridized carbons (Fsp3) is 0.562. The van der Waals surface area contributed by atoms with Gasteiger partial charge in [0.1, 0.15) is 5.54 Å². The molecule has 1 unspecified atom stereocenters. The molecule has 0 bridgehead atoms. The second-order valence-electron chi connectivity index (χ2n) is 6.40. The molecule has 0 saturated heterocycles. The van der Waals surface area contributed by atoms with Gasteiger partial charge in [-0.15, -0.1) is 0 Å². The molecule has 1 aromatic carbocycles. The van der Waals surface area contributed by atoms with Crippen LogP contribution in [0.15, 0.2) is 24.3 Å². The van der Waals surface area contributed by atoms with Crippen LogP contribution < -0.4 is 0 Å². The van der Waals surface area contributed by atoms with Gasteiger partial charge >= 0.3 is 0 Å². The molecule has 0 aliphatic heterocycles. The van der Waals surface area contributed by atoms with E-state index >= 15 is 0 Å². The Hall–Kier alpha value is -1.33. The first kappa shape index (κ1) is 14.7. The van der Waals surface area contributed by atoms with Gasteiger partial charge in [-0.05, 0) is 37.6 Å². The molecule has 2 heteroatoms. The average molecular weight is 244 g/mol. The Bertz CT molecular complexity index is 432. The highest BCUT2D eigenvalue weighted by molar-refractivity contribution is 5.29. The van der Waals surface area contributed by atoms with Crippen molar-refractivity contribution >= 4 is 0 Å². The van der Waals surface area contributed by atoms with Crippen LogP contribution in [0.2, 0.25) is 0 Å². The number of likely N-dealkylation sites (N-methyl/N-ethyl adjacent to an activating group) is 1. The van der Waals surface area contributed by atoms with E-state index in [2.05, 4.69) is 51.1 Å². The third kappa shape index (κ3) is 3.34. The zero-order chi connectivity index (χ0) is 14.0. The quantitative estimate of drug-likeness (QED) is 0.815. The molecule has 1 aromatic rings. The highest BCUT2D eigenvalue weighted by Crippen LogP contribution is 2.24. The lowest BCUT2D eigenvalue weighted by Gasteiger charge is -2.29. The largest absolute Gasteiger partial charge is 0.292 e. The van der Waals surface area contributed by atoms with Crippen molar-refractivity contribution in [1.29, 1.82) is 5.26 Å². The van der Waals surface area contributed by atoms with E-state index in [0.29, 0.717) is 0 Å². The SMILES string of the molecule is CN(C)C(C)(C#N)Cc1ccc(C(C)(C)C)cc1. The molecule has 18 heavy (non-hydrogen) atoms. The predicted octanol–water partition coefficient (Wildman–Crippen LogP) is 3.37. The lowest BCUT2D eigenvalue weighted by atomic mass is 9.85. The first-order valence-electron chi connectivity index (χ1n) is 6.37. The molecule has 0 aliphatic rings. The first-order chi connectivity index (χ1) is 8.19. The van der Waals surface area contributed by atoms with Gasteiger partial charge < -0.3 is 0 Å². The van der Waals surface area contributed by atoms with Crippen LogP contribution in [-0.2, 0) is 11.8 Å². The first-order valence-corrected chi connectivity index (χ1v) is 6.37. The second-order valence-corrected chi connectivity index (χ2v) is 6.40. The maximum Gasteiger partial charge on any atom is 0.109 e. The minimum atomic E-state index is -0.441. The Balaban J connectivity index is 2.92. The molecule has 98 valence electrons. The minimum absolute atomic E-state index is 0.179. The zero-order valence-electron chi connectivity index (χ0n) is 12.4. The third-order valence-corrected chi connectivity index (χ3v) is 3.60. The van der Waals surface area contributed by atoms with E-state index < -0.39 is 5.54 Å². The number of hydrogen-bond donors (Lipinski definition) is 0. The van der Waals surface area contributed by atoms with Gasteiger partial charge in [0, 0.05) is 6.42 Å². The number of nitrogens with zero attached hydrogens (tertiary/aromatic N) is 2. The van der Waals surface area contributed by atoms with Gasteiger partial charge in [-0.3, -0.25) is 4.90 Å².